The van der Waals surface area contributed by atoms with Gasteiger partial charge in [0.15, 0.2) is 0 Å². The molecular formula is C32H60O8Sn. The van der Waals surface area contributed by atoms with Crippen LogP contribution in [-0.4, -0.2) is 43.9 Å². The minimum absolute atomic E-state index is 0.478. The number of unbranched alkanes of at least 4 members (excludes halogenated alkanes) is 4. The summed E-state index contributed by atoms with van der Waals surface area (Å²) >= 11 is -5.95. The van der Waals surface area contributed by atoms with E-state index in [-0.39, 0.29) is 0 Å². The summed E-state index contributed by atoms with van der Waals surface area (Å²) in [6.07, 6.45) is 11.2. The summed E-state index contributed by atoms with van der Waals surface area (Å²) in [6.45, 7) is 15.7. The van der Waals surface area contributed by atoms with E-state index < -0.39 is 67.6 Å². The second-order valence-corrected chi connectivity index (χ2v) is 16.4. The van der Waals surface area contributed by atoms with Gasteiger partial charge in [-0.25, -0.2) is 0 Å². The van der Waals surface area contributed by atoms with Gasteiger partial charge >= 0.3 is 257 Å². The first-order valence-corrected chi connectivity index (χ1v) is 21.2. The van der Waals surface area contributed by atoms with Crippen molar-refractivity contribution in [2.45, 2.75) is 158 Å². The molecule has 0 aliphatic heterocycles. The monoisotopic (exact) mass is 692 g/mol. The van der Waals surface area contributed by atoms with Gasteiger partial charge in [-0.05, 0) is 0 Å². The fraction of sp³-hybridized carbons (Fsp3) is 0.875. The van der Waals surface area contributed by atoms with E-state index in [1.807, 2.05) is 55.4 Å². The molecule has 0 N–H and O–H groups in total. The second kappa shape index (κ2) is 23.2. The van der Waals surface area contributed by atoms with Crippen LogP contribution in [0.4, 0.5) is 0 Å². The van der Waals surface area contributed by atoms with E-state index in [2.05, 4.69) is 0 Å². The Balaban J connectivity index is 6.69. The predicted octanol–water partition coefficient (Wildman–Crippen LogP) is 8.46. The number of carbonyl (C=O) groups excluding carboxylic acids is 4. The van der Waals surface area contributed by atoms with E-state index in [4.69, 9.17) is 12.3 Å². The van der Waals surface area contributed by atoms with Crippen molar-refractivity contribution < 1.29 is 31.5 Å². The Bertz CT molecular complexity index is 630. The Morgan fingerprint density at radius 2 is 0.610 bits per heavy atom. The average molecular weight is 692 g/mol. The average Bonchev–Trinajstić information content (AvgIpc) is 2.94. The quantitative estimate of drug-likeness (QED) is 0.0929. The van der Waals surface area contributed by atoms with Gasteiger partial charge in [0.1, 0.15) is 0 Å². The van der Waals surface area contributed by atoms with Crippen molar-refractivity contribution in [3.63, 3.8) is 0 Å². The SMILES string of the molecule is CCCCC(CC)C(=O)[O][Sn]([O]C(=O)C(CC)CCCC)([O]C(=O)C(CC)CCCC)[O]C(=O)C(CC)CCCC. The molecular weight excluding hydrogens is 631 g/mol. The van der Waals surface area contributed by atoms with Gasteiger partial charge in [-0.15, -0.1) is 0 Å². The molecule has 0 saturated heterocycles. The summed E-state index contributed by atoms with van der Waals surface area (Å²) in [6, 6.07) is 0. The van der Waals surface area contributed by atoms with E-state index in [0.29, 0.717) is 51.4 Å². The molecule has 0 saturated carbocycles. The van der Waals surface area contributed by atoms with Crippen LogP contribution in [0.2, 0.25) is 0 Å². The van der Waals surface area contributed by atoms with Crippen LogP contribution in [0, 0.1) is 23.7 Å². The van der Waals surface area contributed by atoms with Gasteiger partial charge in [-0.1, -0.05) is 0 Å². The summed E-state index contributed by atoms with van der Waals surface area (Å²) in [5.41, 5.74) is 0. The van der Waals surface area contributed by atoms with Crippen molar-refractivity contribution in [3.8, 4) is 0 Å². The molecule has 0 aromatic carbocycles. The third-order valence-electron chi connectivity index (χ3n) is 7.83. The maximum absolute atomic E-state index is 13.5. The second-order valence-electron chi connectivity index (χ2n) is 11.2. The van der Waals surface area contributed by atoms with Crippen LogP contribution in [0.25, 0.3) is 0 Å². The molecule has 0 amide bonds. The van der Waals surface area contributed by atoms with Crippen molar-refractivity contribution in [1.82, 2.24) is 0 Å². The fourth-order valence-corrected chi connectivity index (χ4v) is 10.1. The van der Waals surface area contributed by atoms with E-state index in [0.717, 1.165) is 51.4 Å². The van der Waals surface area contributed by atoms with Gasteiger partial charge in [0, 0.05) is 0 Å². The van der Waals surface area contributed by atoms with Crippen LogP contribution in [0.1, 0.15) is 158 Å². The molecule has 0 heterocycles. The topological polar surface area (TPSA) is 105 Å². The van der Waals surface area contributed by atoms with Crippen molar-refractivity contribution in [2.24, 2.45) is 23.7 Å². The summed E-state index contributed by atoms with van der Waals surface area (Å²) in [4.78, 5) is 54.1. The van der Waals surface area contributed by atoms with E-state index in [1.165, 1.54) is 0 Å². The molecule has 0 aliphatic carbocycles. The number of hydrogen-bond donors (Lipinski definition) is 0. The molecule has 0 bridgehead atoms. The summed E-state index contributed by atoms with van der Waals surface area (Å²) in [5, 5.41) is 0. The van der Waals surface area contributed by atoms with E-state index >= 15 is 0 Å². The van der Waals surface area contributed by atoms with Crippen LogP contribution in [0.3, 0.4) is 0 Å². The summed E-state index contributed by atoms with van der Waals surface area (Å²) < 4.78 is 23.8. The van der Waals surface area contributed by atoms with Gasteiger partial charge in [-0.2, -0.15) is 0 Å². The number of hydrogen-bond acceptors (Lipinski definition) is 8. The van der Waals surface area contributed by atoms with Crippen LogP contribution < -0.4 is 0 Å². The molecule has 0 aromatic heterocycles. The third kappa shape index (κ3) is 15.1. The number of rotatable bonds is 24. The van der Waals surface area contributed by atoms with E-state index in [9.17, 15) is 19.2 Å². The first kappa shape index (κ1) is 39.7. The van der Waals surface area contributed by atoms with Crippen LogP contribution in [0.15, 0.2) is 0 Å². The van der Waals surface area contributed by atoms with Gasteiger partial charge in [0.25, 0.3) is 0 Å². The Labute approximate surface area is 256 Å². The van der Waals surface area contributed by atoms with Gasteiger partial charge in [0.05, 0.1) is 0 Å². The fourth-order valence-electron chi connectivity index (χ4n) is 4.71. The van der Waals surface area contributed by atoms with Crippen molar-refractivity contribution in [3.05, 3.63) is 0 Å². The van der Waals surface area contributed by atoms with Gasteiger partial charge in [0.2, 0.25) is 0 Å². The Morgan fingerprint density at radius 3 is 0.756 bits per heavy atom. The zero-order chi connectivity index (χ0) is 31.3. The molecule has 0 radical (unpaired) electrons. The first-order chi connectivity index (χ1) is 19.6. The Kier molecular flexibility index (Phi) is 22.4. The van der Waals surface area contributed by atoms with Gasteiger partial charge < -0.3 is 0 Å². The first-order valence-electron chi connectivity index (χ1n) is 16.5. The van der Waals surface area contributed by atoms with Crippen molar-refractivity contribution in [2.75, 3.05) is 0 Å². The maximum atomic E-state index is 13.5. The van der Waals surface area contributed by atoms with Crippen LogP contribution in [0.5, 0.6) is 0 Å². The zero-order valence-corrected chi connectivity index (χ0v) is 30.2. The molecule has 4 unspecified atom stereocenters. The molecule has 240 valence electrons. The molecule has 0 fully saturated rings. The molecule has 0 spiro atoms. The summed E-state index contributed by atoms with van der Waals surface area (Å²) in [7, 11) is 0. The van der Waals surface area contributed by atoms with Crippen LogP contribution >= 0.6 is 0 Å². The molecule has 4 atom stereocenters. The third-order valence-corrected chi connectivity index (χ3v) is 13.0. The van der Waals surface area contributed by atoms with Crippen LogP contribution in [-0.2, 0) is 31.5 Å². The zero-order valence-electron chi connectivity index (χ0n) is 27.4. The molecule has 0 aliphatic rings. The Hall–Kier alpha value is -1.32. The number of carbonyl (C=O) groups is 4. The molecule has 41 heavy (non-hydrogen) atoms. The Morgan fingerprint density at radius 1 is 0.415 bits per heavy atom. The molecule has 0 rings (SSSR count). The predicted molar refractivity (Wildman–Crippen MR) is 163 cm³/mol. The van der Waals surface area contributed by atoms with Crippen molar-refractivity contribution >= 4 is 43.9 Å². The normalized spacial score (nSPS) is 15.6. The summed E-state index contributed by atoms with van der Waals surface area (Å²) in [5.74, 6) is -4.43. The van der Waals surface area contributed by atoms with E-state index in [1.54, 1.807) is 0 Å². The molecule has 8 nitrogen and oxygen atoms in total. The minimum atomic E-state index is -5.95. The molecule has 0 aromatic rings. The van der Waals surface area contributed by atoms with Gasteiger partial charge in [-0.3, -0.25) is 0 Å². The molecule has 9 heteroatoms. The van der Waals surface area contributed by atoms with Crippen molar-refractivity contribution in [1.29, 1.82) is 0 Å². The standard InChI is InChI=1S/4C8H16O2.Sn/c4*1-3-5-6-7(4-2)8(9)10;/h4*7H,3-6H2,1-2H3,(H,9,10);/q;;;;+4/p-4.